The van der Waals surface area contributed by atoms with Crippen LogP contribution in [0.5, 0.6) is 0 Å². The van der Waals surface area contributed by atoms with Crippen molar-refractivity contribution in [1.29, 1.82) is 0 Å². The first-order valence-electron chi connectivity index (χ1n) is 6.20. The van der Waals surface area contributed by atoms with Crippen LogP contribution < -0.4 is 5.32 Å². The normalized spacial score (nSPS) is 13.6. The Balaban J connectivity index is 2.65. The van der Waals surface area contributed by atoms with Crippen molar-refractivity contribution >= 4 is 23.5 Å². The molecule has 0 radical (unpaired) electrons. The van der Waals surface area contributed by atoms with Crippen LogP contribution in [-0.2, 0) is 16.0 Å². The van der Waals surface area contributed by atoms with E-state index in [1.54, 1.807) is 31.2 Å². The lowest BCUT2D eigenvalue weighted by molar-refractivity contribution is -0.143. The average molecular weight is 284 g/mol. The number of nitrogens with one attached hydrogen (secondary N) is 1. The maximum absolute atomic E-state index is 11.8. The molecule has 104 valence electrons. The van der Waals surface area contributed by atoms with Gasteiger partial charge in [-0.15, -0.1) is 0 Å². The van der Waals surface area contributed by atoms with Crippen LogP contribution in [0.3, 0.4) is 0 Å². The molecule has 1 amide bonds. The van der Waals surface area contributed by atoms with Gasteiger partial charge in [0.05, 0.1) is 6.42 Å². The molecule has 1 rings (SSSR count). The fourth-order valence-corrected chi connectivity index (χ4v) is 1.95. The van der Waals surface area contributed by atoms with Crippen LogP contribution in [0.2, 0.25) is 5.02 Å². The first-order chi connectivity index (χ1) is 8.93. The zero-order valence-corrected chi connectivity index (χ0v) is 11.8. The Bertz CT molecular complexity index is 462. The minimum Gasteiger partial charge on any atom is -0.480 e. The monoisotopic (exact) mass is 283 g/mol. The van der Waals surface area contributed by atoms with Gasteiger partial charge in [0.15, 0.2) is 0 Å². The van der Waals surface area contributed by atoms with Crippen molar-refractivity contribution in [2.45, 2.75) is 32.7 Å². The SMILES string of the molecule is CCC(C)[C@H](NC(=O)Cc1cccc(Cl)c1)C(=O)O. The number of aliphatic carboxylic acids is 1. The van der Waals surface area contributed by atoms with E-state index in [0.29, 0.717) is 11.4 Å². The fraction of sp³-hybridized carbons (Fsp3) is 0.429. The molecule has 0 aliphatic rings. The Morgan fingerprint density at radius 2 is 2.11 bits per heavy atom. The van der Waals surface area contributed by atoms with Gasteiger partial charge in [0, 0.05) is 5.02 Å². The van der Waals surface area contributed by atoms with E-state index in [9.17, 15) is 9.59 Å². The van der Waals surface area contributed by atoms with Crippen molar-refractivity contribution in [3.8, 4) is 0 Å². The lowest BCUT2D eigenvalue weighted by atomic mass is 9.99. The molecular formula is C14H18ClNO3. The molecule has 0 aliphatic heterocycles. The molecule has 1 aromatic carbocycles. The highest BCUT2D eigenvalue weighted by Crippen LogP contribution is 2.12. The number of hydrogen-bond donors (Lipinski definition) is 2. The van der Waals surface area contributed by atoms with Gasteiger partial charge >= 0.3 is 5.97 Å². The number of halogens is 1. The first kappa shape index (κ1) is 15.5. The molecular weight excluding hydrogens is 266 g/mol. The number of carbonyl (C=O) groups excluding carboxylic acids is 1. The molecule has 0 fully saturated rings. The van der Waals surface area contributed by atoms with Gasteiger partial charge in [-0.05, 0) is 23.6 Å². The molecule has 1 unspecified atom stereocenters. The molecule has 0 heterocycles. The summed E-state index contributed by atoms with van der Waals surface area (Å²) < 4.78 is 0. The largest absolute Gasteiger partial charge is 0.480 e. The van der Waals surface area contributed by atoms with Gasteiger partial charge < -0.3 is 10.4 Å². The third kappa shape index (κ3) is 4.91. The molecule has 0 spiro atoms. The van der Waals surface area contributed by atoms with E-state index in [0.717, 1.165) is 5.56 Å². The molecule has 1 aromatic rings. The molecule has 4 nitrogen and oxygen atoms in total. The summed E-state index contributed by atoms with van der Waals surface area (Å²) in [5.41, 5.74) is 0.762. The summed E-state index contributed by atoms with van der Waals surface area (Å²) in [6, 6.07) is 6.11. The molecule has 19 heavy (non-hydrogen) atoms. The zero-order valence-electron chi connectivity index (χ0n) is 11.0. The maximum Gasteiger partial charge on any atom is 0.326 e. The van der Waals surface area contributed by atoms with Crippen molar-refractivity contribution in [2.75, 3.05) is 0 Å². The van der Waals surface area contributed by atoms with Crippen LogP contribution in [0.4, 0.5) is 0 Å². The quantitative estimate of drug-likeness (QED) is 0.843. The van der Waals surface area contributed by atoms with Crippen molar-refractivity contribution in [3.63, 3.8) is 0 Å². The van der Waals surface area contributed by atoms with Gasteiger partial charge in [0.2, 0.25) is 5.91 Å². The summed E-state index contributed by atoms with van der Waals surface area (Å²) in [5, 5.41) is 12.2. The second kappa shape index (κ2) is 7.14. The van der Waals surface area contributed by atoms with Crippen LogP contribution in [-0.4, -0.2) is 23.0 Å². The Kier molecular flexibility index (Phi) is 5.83. The topological polar surface area (TPSA) is 66.4 Å². The third-order valence-electron chi connectivity index (χ3n) is 3.05. The lowest BCUT2D eigenvalue weighted by Crippen LogP contribution is -2.45. The van der Waals surface area contributed by atoms with Crippen LogP contribution in [0.15, 0.2) is 24.3 Å². The Morgan fingerprint density at radius 3 is 2.63 bits per heavy atom. The maximum atomic E-state index is 11.8. The summed E-state index contributed by atoms with van der Waals surface area (Å²) in [6.07, 6.45) is 0.815. The van der Waals surface area contributed by atoms with Crippen LogP contribution >= 0.6 is 11.6 Å². The van der Waals surface area contributed by atoms with Crippen LogP contribution in [0.25, 0.3) is 0 Å². The van der Waals surface area contributed by atoms with E-state index in [2.05, 4.69) is 5.32 Å². The predicted octanol–water partition coefficient (Wildman–Crippen LogP) is 2.50. The van der Waals surface area contributed by atoms with Gasteiger partial charge in [-0.25, -0.2) is 4.79 Å². The second-order valence-corrected chi connectivity index (χ2v) is 5.01. The standard InChI is InChI=1S/C14H18ClNO3/c1-3-9(2)13(14(18)19)16-12(17)8-10-5-4-6-11(15)7-10/h4-7,9,13H,3,8H2,1-2H3,(H,16,17)(H,18,19)/t9?,13-/m0/s1. The number of amides is 1. The Morgan fingerprint density at radius 1 is 1.42 bits per heavy atom. The van der Waals surface area contributed by atoms with E-state index in [-0.39, 0.29) is 18.2 Å². The molecule has 0 saturated heterocycles. The number of carboxylic acid groups (broad SMARTS) is 1. The molecule has 2 N–H and O–H groups in total. The van der Waals surface area contributed by atoms with Crippen LogP contribution in [0.1, 0.15) is 25.8 Å². The number of benzene rings is 1. The predicted molar refractivity (Wildman–Crippen MR) is 74.2 cm³/mol. The minimum atomic E-state index is -1.01. The number of carboxylic acids is 1. The van der Waals surface area contributed by atoms with Gasteiger partial charge in [0.1, 0.15) is 6.04 Å². The Hall–Kier alpha value is -1.55. The van der Waals surface area contributed by atoms with E-state index >= 15 is 0 Å². The van der Waals surface area contributed by atoms with E-state index in [1.165, 1.54) is 0 Å². The van der Waals surface area contributed by atoms with Gasteiger partial charge in [0.25, 0.3) is 0 Å². The molecule has 0 aliphatic carbocycles. The minimum absolute atomic E-state index is 0.110. The van der Waals surface area contributed by atoms with E-state index < -0.39 is 12.0 Å². The number of carbonyl (C=O) groups is 2. The average Bonchev–Trinajstić information content (AvgIpc) is 2.34. The summed E-state index contributed by atoms with van der Waals surface area (Å²) in [7, 11) is 0. The molecule has 0 aromatic heterocycles. The van der Waals surface area contributed by atoms with Crippen molar-refractivity contribution in [2.24, 2.45) is 5.92 Å². The highest BCUT2D eigenvalue weighted by atomic mass is 35.5. The van der Waals surface area contributed by atoms with Gasteiger partial charge in [-0.2, -0.15) is 0 Å². The van der Waals surface area contributed by atoms with Gasteiger partial charge in [-0.3, -0.25) is 4.79 Å². The molecule has 5 heteroatoms. The highest BCUT2D eigenvalue weighted by molar-refractivity contribution is 6.30. The summed E-state index contributed by atoms with van der Waals surface area (Å²) >= 11 is 5.83. The number of rotatable bonds is 6. The Labute approximate surface area is 117 Å². The van der Waals surface area contributed by atoms with Crippen LogP contribution in [0, 0.1) is 5.92 Å². The highest BCUT2D eigenvalue weighted by Gasteiger charge is 2.25. The summed E-state index contributed by atoms with van der Waals surface area (Å²) in [5.74, 6) is -1.43. The van der Waals surface area contributed by atoms with Gasteiger partial charge in [-0.1, -0.05) is 44.0 Å². The zero-order chi connectivity index (χ0) is 14.4. The van der Waals surface area contributed by atoms with Crippen molar-refractivity contribution < 1.29 is 14.7 Å². The molecule has 0 saturated carbocycles. The molecule has 2 atom stereocenters. The third-order valence-corrected chi connectivity index (χ3v) is 3.28. The van der Waals surface area contributed by atoms with E-state index in [4.69, 9.17) is 16.7 Å². The first-order valence-corrected chi connectivity index (χ1v) is 6.58. The van der Waals surface area contributed by atoms with Crippen molar-refractivity contribution in [1.82, 2.24) is 5.32 Å². The molecule has 0 bridgehead atoms. The number of hydrogen-bond acceptors (Lipinski definition) is 2. The summed E-state index contributed by atoms with van der Waals surface area (Å²) in [4.78, 5) is 22.9. The fourth-order valence-electron chi connectivity index (χ4n) is 1.74. The lowest BCUT2D eigenvalue weighted by Gasteiger charge is -2.20. The van der Waals surface area contributed by atoms with E-state index in [1.807, 2.05) is 6.92 Å². The second-order valence-electron chi connectivity index (χ2n) is 4.58. The smallest absolute Gasteiger partial charge is 0.326 e. The summed E-state index contributed by atoms with van der Waals surface area (Å²) in [6.45, 7) is 3.70. The van der Waals surface area contributed by atoms with Crippen molar-refractivity contribution in [3.05, 3.63) is 34.9 Å².